The Morgan fingerprint density at radius 1 is 1.07 bits per heavy atom. The van der Waals surface area contributed by atoms with Gasteiger partial charge in [-0.2, -0.15) is 0 Å². The van der Waals surface area contributed by atoms with Crippen LogP contribution in [0.1, 0.15) is 53.0 Å². The van der Waals surface area contributed by atoms with E-state index in [-0.39, 0.29) is 29.5 Å². The van der Waals surface area contributed by atoms with Crippen molar-refractivity contribution >= 4 is 17.9 Å². The highest BCUT2D eigenvalue weighted by Crippen LogP contribution is 2.13. The third-order valence-corrected chi connectivity index (χ3v) is 3.41. The van der Waals surface area contributed by atoms with Gasteiger partial charge in [0.2, 0.25) is 0 Å². The third kappa shape index (κ3) is 9.97. The Bertz CT molecular complexity index is 631. The number of ether oxygens (including phenoxy) is 1. The van der Waals surface area contributed by atoms with Crippen molar-refractivity contribution in [3.63, 3.8) is 0 Å². The van der Waals surface area contributed by atoms with Crippen LogP contribution in [0.25, 0.3) is 0 Å². The van der Waals surface area contributed by atoms with E-state index in [0.29, 0.717) is 0 Å². The first-order valence-corrected chi connectivity index (χ1v) is 8.59. The highest BCUT2D eigenvalue weighted by Gasteiger charge is 2.33. The molecule has 2 rings (SSSR count). The first kappa shape index (κ1) is 25.5. The van der Waals surface area contributed by atoms with Crippen molar-refractivity contribution in [1.82, 2.24) is 5.32 Å². The summed E-state index contributed by atoms with van der Waals surface area (Å²) in [5.74, 6) is -5.75. The van der Waals surface area contributed by atoms with Gasteiger partial charge in [-0.3, -0.25) is 4.79 Å². The van der Waals surface area contributed by atoms with Crippen LogP contribution >= 0.6 is 0 Å². The molecule has 1 heterocycles. The summed E-state index contributed by atoms with van der Waals surface area (Å²) in [6.45, 7) is 7.11. The third-order valence-electron chi connectivity index (χ3n) is 3.41. The lowest BCUT2D eigenvalue weighted by atomic mass is 10.0. The number of carbonyl (C=O) groups is 3. The van der Waals surface area contributed by atoms with E-state index in [1.807, 2.05) is 0 Å². The van der Waals surface area contributed by atoms with Crippen molar-refractivity contribution in [3.05, 3.63) is 34.9 Å². The monoisotopic (exact) mass is 401 g/mol. The molecule has 6 N–H and O–H groups in total. The van der Waals surface area contributed by atoms with Crippen LogP contribution in [0.2, 0.25) is 0 Å². The van der Waals surface area contributed by atoms with E-state index < -0.39 is 30.0 Å². The van der Waals surface area contributed by atoms with Crippen LogP contribution in [0, 0.1) is 6.92 Å². The van der Waals surface area contributed by atoms with Gasteiger partial charge in [0.1, 0.15) is 0 Å². The molecule has 28 heavy (non-hydrogen) atoms. The summed E-state index contributed by atoms with van der Waals surface area (Å²) < 4.78 is 4.52. The van der Waals surface area contributed by atoms with Crippen LogP contribution in [-0.4, -0.2) is 68.6 Å². The second-order valence-electron chi connectivity index (χ2n) is 5.77. The summed E-state index contributed by atoms with van der Waals surface area (Å²) >= 11 is 0. The number of carbonyl (C=O) groups excluding carboxylic acids is 1. The molecule has 1 saturated heterocycles. The van der Waals surface area contributed by atoms with Crippen LogP contribution in [-0.2, 0) is 9.53 Å². The van der Waals surface area contributed by atoms with Crippen molar-refractivity contribution in [2.24, 2.45) is 0 Å². The minimum Gasteiger partial charge on any atom is -0.478 e. The van der Waals surface area contributed by atoms with Gasteiger partial charge in [-0.1, -0.05) is 19.9 Å². The highest BCUT2D eigenvalue weighted by atomic mass is 16.7. The average Bonchev–Trinajstić information content (AvgIpc) is 3.47. The van der Waals surface area contributed by atoms with Crippen molar-refractivity contribution < 1.29 is 44.7 Å². The molecule has 1 fully saturated rings. The number of carboxylic acids is 2. The van der Waals surface area contributed by atoms with Gasteiger partial charge < -0.3 is 35.6 Å². The van der Waals surface area contributed by atoms with Gasteiger partial charge in [-0.25, -0.2) is 9.59 Å². The number of hydrogen-bond acceptors (Lipinski definition) is 8. The summed E-state index contributed by atoms with van der Waals surface area (Å²) in [5.41, 5.74) is 0.335. The van der Waals surface area contributed by atoms with Crippen LogP contribution in [0.15, 0.2) is 18.2 Å². The second kappa shape index (κ2) is 12.0. The van der Waals surface area contributed by atoms with Gasteiger partial charge in [0, 0.05) is 19.5 Å². The number of benzene rings is 1. The molecule has 1 aliphatic rings. The average molecular weight is 401 g/mol. The number of esters is 1. The Hall–Kier alpha value is -2.53. The molecule has 1 aromatic carbocycles. The van der Waals surface area contributed by atoms with Crippen molar-refractivity contribution in [3.8, 4) is 0 Å². The van der Waals surface area contributed by atoms with Crippen LogP contribution in [0.5, 0.6) is 0 Å². The summed E-state index contributed by atoms with van der Waals surface area (Å²) in [5, 5.41) is 46.3. The minimum absolute atomic E-state index is 0.0277. The molecule has 1 atom stereocenters. The van der Waals surface area contributed by atoms with Crippen molar-refractivity contribution in [2.45, 2.75) is 45.7 Å². The van der Waals surface area contributed by atoms with E-state index >= 15 is 0 Å². The number of nitrogens with one attached hydrogen (secondary N) is 1. The molecule has 10 nitrogen and oxygen atoms in total. The molecule has 0 aromatic heterocycles. The predicted octanol–water partition coefficient (Wildman–Crippen LogP) is 0.330. The molecule has 0 amide bonds. The van der Waals surface area contributed by atoms with Crippen LogP contribution in [0.3, 0.4) is 0 Å². The normalized spacial score (nSPS) is 13.1. The largest absolute Gasteiger partial charge is 0.478 e. The zero-order valence-electron chi connectivity index (χ0n) is 16.0. The van der Waals surface area contributed by atoms with E-state index in [9.17, 15) is 14.4 Å². The Kier molecular flexibility index (Phi) is 10.9. The van der Waals surface area contributed by atoms with Crippen molar-refractivity contribution in [1.29, 1.82) is 0 Å². The quantitative estimate of drug-likeness (QED) is 0.220. The fourth-order valence-electron chi connectivity index (χ4n) is 1.78. The number of carboxylic acid groups (broad SMARTS) is 2. The van der Waals surface area contributed by atoms with Gasteiger partial charge in [-0.05, 0) is 31.0 Å². The van der Waals surface area contributed by atoms with Gasteiger partial charge in [0.15, 0.2) is 6.10 Å². The molecule has 10 heteroatoms. The van der Waals surface area contributed by atoms with E-state index in [2.05, 4.69) is 10.1 Å². The molecular formula is C18H27NO9. The molecular weight excluding hydrogens is 374 g/mol. The maximum atomic E-state index is 10.7. The molecule has 1 unspecified atom stereocenters. The van der Waals surface area contributed by atoms with E-state index in [1.165, 1.54) is 38.2 Å². The Balaban J connectivity index is 0.000000452. The van der Waals surface area contributed by atoms with Gasteiger partial charge in [0.05, 0.1) is 11.1 Å². The van der Waals surface area contributed by atoms with Crippen LogP contribution < -0.4 is 5.32 Å². The molecule has 0 radical (unpaired) electrons. The molecule has 1 aliphatic heterocycles. The lowest BCUT2D eigenvalue weighted by Crippen LogP contribution is -2.44. The molecule has 0 aliphatic carbocycles. The Morgan fingerprint density at radius 2 is 1.50 bits per heavy atom. The maximum absolute atomic E-state index is 10.7. The SMILES string of the molecule is C1CN1.CCC(=O)OC(CC)C(O)(O)O.Cc1c(C(=O)O)cccc1C(=O)O. The smallest absolute Gasteiger partial charge is 0.335 e. The zero-order valence-corrected chi connectivity index (χ0v) is 16.0. The topological polar surface area (TPSA) is 184 Å². The summed E-state index contributed by atoms with van der Waals surface area (Å²) in [6.07, 6.45) is -1.02. The Labute approximate surface area is 162 Å². The van der Waals surface area contributed by atoms with Crippen LogP contribution in [0.4, 0.5) is 0 Å². The summed E-state index contributed by atoms with van der Waals surface area (Å²) in [7, 11) is 0. The number of hydrogen-bond donors (Lipinski definition) is 6. The molecule has 158 valence electrons. The number of aromatic carboxylic acids is 2. The molecule has 0 bridgehead atoms. The van der Waals surface area contributed by atoms with Gasteiger partial charge in [0.25, 0.3) is 0 Å². The summed E-state index contributed by atoms with van der Waals surface area (Å²) in [6, 6.07) is 4.17. The van der Waals surface area contributed by atoms with E-state index in [1.54, 1.807) is 13.8 Å². The molecule has 1 aromatic rings. The van der Waals surface area contributed by atoms with Gasteiger partial charge >= 0.3 is 23.9 Å². The minimum atomic E-state index is -2.94. The lowest BCUT2D eigenvalue weighted by Gasteiger charge is -2.24. The first-order chi connectivity index (χ1) is 12.9. The number of aliphatic hydroxyl groups is 3. The summed E-state index contributed by atoms with van der Waals surface area (Å²) in [4.78, 5) is 31.9. The highest BCUT2D eigenvalue weighted by molar-refractivity contribution is 5.96. The lowest BCUT2D eigenvalue weighted by molar-refractivity contribution is -0.356. The Morgan fingerprint density at radius 3 is 1.75 bits per heavy atom. The fraction of sp³-hybridized carbons (Fsp3) is 0.500. The predicted molar refractivity (Wildman–Crippen MR) is 97.8 cm³/mol. The van der Waals surface area contributed by atoms with E-state index in [0.717, 1.165) is 0 Å². The fourth-order valence-corrected chi connectivity index (χ4v) is 1.78. The zero-order chi connectivity index (χ0) is 21.9. The first-order valence-electron chi connectivity index (χ1n) is 8.59. The maximum Gasteiger partial charge on any atom is 0.335 e. The molecule has 0 saturated carbocycles. The standard InChI is InChI=1S/C9H8O4.C7H14O5.C2H5N/c1-5-6(8(10)11)3-2-4-7(5)9(12)13;1-3-5(7(9,10)11)12-6(8)4-2;1-2-3-1/h2-4H,1H3,(H,10,11)(H,12,13);5,9-11H,3-4H2,1-2H3;3H,1-2H2. The molecule has 0 spiro atoms. The van der Waals surface area contributed by atoms with Gasteiger partial charge in [-0.15, -0.1) is 0 Å². The van der Waals surface area contributed by atoms with E-state index in [4.69, 9.17) is 25.5 Å². The van der Waals surface area contributed by atoms with Crippen molar-refractivity contribution in [2.75, 3.05) is 13.1 Å². The number of rotatable bonds is 6. The second-order valence-corrected chi connectivity index (χ2v) is 5.77.